The van der Waals surface area contributed by atoms with E-state index in [1.165, 1.54) is 0 Å². The van der Waals surface area contributed by atoms with Gasteiger partial charge in [0.15, 0.2) is 10.3 Å². The summed E-state index contributed by atoms with van der Waals surface area (Å²) in [6.45, 7) is 0.121. The number of anilines is 1. The van der Waals surface area contributed by atoms with E-state index in [2.05, 4.69) is 14.7 Å². The Balaban J connectivity index is 2.20. The van der Waals surface area contributed by atoms with E-state index in [1.807, 2.05) is 0 Å². The molecule has 2 N–H and O–H groups in total. The van der Waals surface area contributed by atoms with Crippen LogP contribution in [0.1, 0.15) is 12.8 Å². The van der Waals surface area contributed by atoms with Crippen molar-refractivity contribution >= 4 is 45.1 Å². The quantitative estimate of drug-likeness (QED) is 0.786. The topological polar surface area (TPSA) is 112 Å². The standard InChI is InChI=1S/C10H12Cl2N4O4S/c11-8-7(9(12)14-5-13-8)15-21(19,20)16-3-1-2-6(4-16)10(17)18/h5-6,15H,1-4H2,(H,17,18). The zero-order valence-electron chi connectivity index (χ0n) is 10.7. The van der Waals surface area contributed by atoms with Crippen molar-refractivity contribution in [3.05, 3.63) is 16.6 Å². The number of aliphatic carboxylic acids is 1. The summed E-state index contributed by atoms with van der Waals surface area (Å²) in [6, 6.07) is 0. The number of rotatable bonds is 4. The molecule has 8 nitrogen and oxygen atoms in total. The fraction of sp³-hybridized carbons (Fsp3) is 0.500. The molecule has 0 saturated carbocycles. The van der Waals surface area contributed by atoms with Crippen LogP contribution in [0.15, 0.2) is 6.33 Å². The predicted octanol–water partition coefficient (Wildman–Crippen LogP) is 1.24. The molecular weight excluding hydrogens is 343 g/mol. The normalized spacial score (nSPS) is 20.2. The first-order valence-electron chi connectivity index (χ1n) is 5.98. The minimum absolute atomic E-state index is 0.104. The highest BCUT2D eigenvalue weighted by atomic mass is 35.5. The maximum atomic E-state index is 12.3. The number of hydrogen-bond acceptors (Lipinski definition) is 5. The lowest BCUT2D eigenvalue weighted by Gasteiger charge is -2.30. The van der Waals surface area contributed by atoms with Crippen molar-refractivity contribution in [1.82, 2.24) is 14.3 Å². The maximum absolute atomic E-state index is 12.3. The Bertz CT molecular complexity index is 634. The Hall–Kier alpha value is -1.16. The molecule has 1 aromatic heterocycles. The summed E-state index contributed by atoms with van der Waals surface area (Å²) >= 11 is 11.6. The van der Waals surface area contributed by atoms with Crippen LogP contribution in [0.3, 0.4) is 0 Å². The van der Waals surface area contributed by atoms with Gasteiger partial charge >= 0.3 is 16.2 Å². The van der Waals surface area contributed by atoms with Crippen LogP contribution in [0.25, 0.3) is 0 Å². The molecule has 1 fully saturated rings. The molecule has 0 radical (unpaired) electrons. The predicted molar refractivity (Wildman–Crippen MR) is 76.5 cm³/mol. The summed E-state index contributed by atoms with van der Waals surface area (Å²) < 4.78 is 27.8. The Morgan fingerprint density at radius 2 is 2.00 bits per heavy atom. The highest BCUT2D eigenvalue weighted by Gasteiger charge is 2.33. The van der Waals surface area contributed by atoms with E-state index in [9.17, 15) is 13.2 Å². The van der Waals surface area contributed by atoms with Crippen molar-refractivity contribution in [2.45, 2.75) is 12.8 Å². The highest BCUT2D eigenvalue weighted by molar-refractivity contribution is 7.90. The molecule has 2 rings (SSSR count). The molecule has 0 spiro atoms. The molecular formula is C10H12Cl2N4O4S. The van der Waals surface area contributed by atoms with Crippen molar-refractivity contribution in [3.63, 3.8) is 0 Å². The Kier molecular flexibility index (Phi) is 4.87. The number of nitrogens with one attached hydrogen (secondary N) is 1. The maximum Gasteiger partial charge on any atom is 0.307 e. The van der Waals surface area contributed by atoms with Crippen LogP contribution in [0, 0.1) is 5.92 Å². The molecule has 21 heavy (non-hydrogen) atoms. The largest absolute Gasteiger partial charge is 0.481 e. The van der Waals surface area contributed by atoms with E-state index in [4.69, 9.17) is 28.3 Å². The van der Waals surface area contributed by atoms with Gasteiger partial charge in [-0.15, -0.1) is 0 Å². The number of piperidine rings is 1. The molecule has 116 valence electrons. The third kappa shape index (κ3) is 3.73. The van der Waals surface area contributed by atoms with Crippen LogP contribution in [-0.2, 0) is 15.0 Å². The van der Waals surface area contributed by atoms with Crippen LogP contribution >= 0.6 is 23.2 Å². The molecule has 1 atom stereocenters. The summed E-state index contributed by atoms with van der Waals surface area (Å²) in [5, 5.41) is 8.73. The van der Waals surface area contributed by atoms with Crippen LogP contribution in [-0.4, -0.2) is 46.9 Å². The van der Waals surface area contributed by atoms with Gasteiger partial charge in [-0.05, 0) is 12.8 Å². The van der Waals surface area contributed by atoms with Crippen molar-refractivity contribution in [2.75, 3.05) is 17.8 Å². The van der Waals surface area contributed by atoms with Gasteiger partial charge in [-0.2, -0.15) is 12.7 Å². The van der Waals surface area contributed by atoms with E-state index < -0.39 is 22.1 Å². The minimum atomic E-state index is -3.98. The van der Waals surface area contributed by atoms with Crippen LogP contribution in [0.4, 0.5) is 5.69 Å². The highest BCUT2D eigenvalue weighted by Crippen LogP contribution is 2.28. The SMILES string of the molecule is O=C(O)C1CCCN(S(=O)(=O)Nc2c(Cl)ncnc2Cl)C1. The molecule has 1 unspecified atom stereocenters. The fourth-order valence-corrected chi connectivity index (χ4v) is 3.83. The van der Waals surface area contributed by atoms with Crippen molar-refractivity contribution in [2.24, 2.45) is 5.92 Å². The van der Waals surface area contributed by atoms with Crippen molar-refractivity contribution in [1.29, 1.82) is 0 Å². The Labute approximate surface area is 131 Å². The van der Waals surface area contributed by atoms with Gasteiger partial charge in [-0.3, -0.25) is 9.52 Å². The van der Waals surface area contributed by atoms with Crippen molar-refractivity contribution in [3.8, 4) is 0 Å². The number of nitrogens with zero attached hydrogens (tertiary/aromatic N) is 3. The zero-order chi connectivity index (χ0) is 15.6. The van der Waals surface area contributed by atoms with Gasteiger partial charge in [0, 0.05) is 13.1 Å². The minimum Gasteiger partial charge on any atom is -0.481 e. The van der Waals surface area contributed by atoms with Crippen LogP contribution < -0.4 is 4.72 Å². The second-order valence-electron chi connectivity index (χ2n) is 4.47. The first kappa shape index (κ1) is 16.2. The third-order valence-electron chi connectivity index (χ3n) is 3.06. The van der Waals surface area contributed by atoms with E-state index >= 15 is 0 Å². The first-order valence-corrected chi connectivity index (χ1v) is 8.17. The molecule has 1 saturated heterocycles. The lowest BCUT2D eigenvalue weighted by Crippen LogP contribution is -2.44. The summed E-state index contributed by atoms with van der Waals surface area (Å²) in [6.07, 6.45) is 2.01. The molecule has 1 aliphatic rings. The molecule has 0 bridgehead atoms. The lowest BCUT2D eigenvalue weighted by atomic mass is 10.0. The Morgan fingerprint density at radius 1 is 1.38 bits per heavy atom. The average molecular weight is 355 g/mol. The summed E-state index contributed by atoms with van der Waals surface area (Å²) in [4.78, 5) is 18.3. The van der Waals surface area contributed by atoms with Crippen LogP contribution in [0.5, 0.6) is 0 Å². The summed E-state index contributed by atoms with van der Waals surface area (Å²) in [7, 11) is -3.98. The molecule has 11 heteroatoms. The summed E-state index contributed by atoms with van der Waals surface area (Å²) in [5.41, 5.74) is -0.127. The van der Waals surface area contributed by atoms with Gasteiger partial charge < -0.3 is 5.11 Å². The fourth-order valence-electron chi connectivity index (χ4n) is 1.98. The molecule has 0 aromatic carbocycles. The lowest BCUT2D eigenvalue weighted by molar-refractivity contribution is -0.142. The Morgan fingerprint density at radius 3 is 2.57 bits per heavy atom. The second-order valence-corrected chi connectivity index (χ2v) is 6.86. The van der Waals surface area contributed by atoms with E-state index in [-0.39, 0.29) is 29.1 Å². The van der Waals surface area contributed by atoms with E-state index in [0.29, 0.717) is 12.8 Å². The van der Waals surface area contributed by atoms with E-state index in [0.717, 1.165) is 10.6 Å². The summed E-state index contributed by atoms with van der Waals surface area (Å²) in [5.74, 6) is -1.75. The number of carboxylic acid groups (broad SMARTS) is 1. The van der Waals surface area contributed by atoms with Gasteiger partial charge in [0.1, 0.15) is 12.0 Å². The zero-order valence-corrected chi connectivity index (χ0v) is 13.0. The smallest absolute Gasteiger partial charge is 0.307 e. The third-order valence-corrected chi connectivity index (χ3v) is 5.11. The number of carbonyl (C=O) groups is 1. The number of halogens is 2. The molecule has 0 aliphatic carbocycles. The van der Waals surface area contributed by atoms with E-state index in [1.54, 1.807) is 0 Å². The monoisotopic (exact) mass is 354 g/mol. The van der Waals surface area contributed by atoms with Gasteiger partial charge in [0.25, 0.3) is 0 Å². The molecule has 1 aliphatic heterocycles. The van der Waals surface area contributed by atoms with Gasteiger partial charge in [-0.1, -0.05) is 23.2 Å². The van der Waals surface area contributed by atoms with Crippen molar-refractivity contribution < 1.29 is 18.3 Å². The number of aromatic nitrogens is 2. The second kappa shape index (κ2) is 6.30. The number of hydrogen-bond donors (Lipinski definition) is 2. The van der Waals surface area contributed by atoms with Gasteiger partial charge in [0.05, 0.1) is 5.92 Å². The number of carboxylic acids is 1. The average Bonchev–Trinajstić information content (AvgIpc) is 2.43. The molecule has 0 amide bonds. The van der Waals surface area contributed by atoms with Gasteiger partial charge in [-0.25, -0.2) is 9.97 Å². The first-order chi connectivity index (χ1) is 9.81. The van der Waals surface area contributed by atoms with Gasteiger partial charge in [0.2, 0.25) is 0 Å². The van der Waals surface area contributed by atoms with Crippen LogP contribution in [0.2, 0.25) is 10.3 Å². The molecule has 1 aromatic rings. The molecule has 2 heterocycles.